The van der Waals surface area contributed by atoms with Gasteiger partial charge in [0.2, 0.25) is 0 Å². The number of benzene rings is 3. The van der Waals surface area contributed by atoms with Gasteiger partial charge in [-0.15, -0.1) is 0 Å². The summed E-state index contributed by atoms with van der Waals surface area (Å²) < 4.78 is 10.9. The Morgan fingerprint density at radius 2 is 1.42 bits per heavy atom. The van der Waals surface area contributed by atoms with E-state index in [0.29, 0.717) is 0 Å². The second-order valence-corrected chi connectivity index (χ2v) is 5.86. The van der Waals surface area contributed by atoms with Crippen LogP contribution in [-0.4, -0.2) is 28.3 Å². The number of nitrogens with one attached hydrogen (secondary N) is 2. The Balaban J connectivity index is 1.78. The Labute approximate surface area is 142 Å². The summed E-state index contributed by atoms with van der Waals surface area (Å²) >= 11 is 0. The first-order chi connectivity index (χ1) is 11.8. The van der Waals surface area contributed by atoms with Crippen LogP contribution in [0.2, 0.25) is 0 Å². The zero-order chi connectivity index (χ0) is 16.5. The fourth-order valence-electron chi connectivity index (χ4n) is 3.42. The number of rotatable bonds is 4. The molecule has 2 N–H and O–H groups in total. The van der Waals surface area contributed by atoms with Crippen LogP contribution in [-0.2, 0) is 9.31 Å². The average molecular weight is 316 g/mol. The Hall–Kier alpha value is -2.43. The van der Waals surface area contributed by atoms with Crippen LogP contribution in [0.3, 0.4) is 0 Å². The molecule has 1 aliphatic rings. The van der Waals surface area contributed by atoms with Gasteiger partial charge in [-0.05, 0) is 28.4 Å². The van der Waals surface area contributed by atoms with Crippen LogP contribution in [0.15, 0.2) is 60.7 Å². The van der Waals surface area contributed by atoms with Crippen molar-refractivity contribution in [1.82, 2.24) is 0 Å². The van der Waals surface area contributed by atoms with E-state index < -0.39 is 7.12 Å². The zero-order valence-electron chi connectivity index (χ0n) is 13.7. The summed E-state index contributed by atoms with van der Waals surface area (Å²) in [6, 6.07) is 20.8. The Bertz CT molecular complexity index is 843. The second kappa shape index (κ2) is 6.23. The van der Waals surface area contributed by atoms with Crippen LogP contribution in [0.4, 0.5) is 11.4 Å². The van der Waals surface area contributed by atoms with E-state index in [0.717, 1.165) is 22.3 Å². The summed E-state index contributed by atoms with van der Waals surface area (Å²) in [6.45, 7) is -0.0468. The van der Waals surface area contributed by atoms with Crippen molar-refractivity contribution in [3.8, 4) is 0 Å². The predicted octanol–water partition coefficient (Wildman–Crippen LogP) is 2.06. The van der Waals surface area contributed by atoms with Gasteiger partial charge in [0.1, 0.15) is 0 Å². The van der Waals surface area contributed by atoms with E-state index in [1.165, 1.54) is 10.8 Å². The molecule has 24 heavy (non-hydrogen) atoms. The smallest absolute Gasteiger partial charge is 0.410 e. The SMILES string of the molecule is COB(OC)c1ccccc1B1Nc2cccc3cccc(c23)N1. The predicted molar refractivity (Wildman–Crippen MR) is 102 cm³/mol. The zero-order valence-corrected chi connectivity index (χ0v) is 13.7. The number of hydrogen-bond donors (Lipinski definition) is 2. The fraction of sp³-hybridized carbons (Fsp3) is 0.111. The first-order valence-corrected chi connectivity index (χ1v) is 8.01. The van der Waals surface area contributed by atoms with E-state index in [1.54, 1.807) is 14.2 Å². The van der Waals surface area contributed by atoms with Crippen molar-refractivity contribution in [1.29, 1.82) is 0 Å². The summed E-state index contributed by atoms with van der Waals surface area (Å²) in [4.78, 5) is 0. The molecule has 1 heterocycles. The van der Waals surface area contributed by atoms with Crippen LogP contribution in [0.25, 0.3) is 10.8 Å². The van der Waals surface area contributed by atoms with Crippen LogP contribution in [0.5, 0.6) is 0 Å². The lowest BCUT2D eigenvalue weighted by atomic mass is 9.58. The molecule has 0 saturated heterocycles. The molecule has 0 spiro atoms. The summed E-state index contributed by atoms with van der Waals surface area (Å²) in [5.74, 6) is 0. The third kappa shape index (κ3) is 2.44. The van der Waals surface area contributed by atoms with Crippen molar-refractivity contribution in [2.45, 2.75) is 0 Å². The van der Waals surface area contributed by atoms with Crippen molar-refractivity contribution in [3.63, 3.8) is 0 Å². The minimum atomic E-state index is -0.391. The fourth-order valence-corrected chi connectivity index (χ4v) is 3.42. The monoisotopic (exact) mass is 316 g/mol. The van der Waals surface area contributed by atoms with Crippen LogP contribution in [0.1, 0.15) is 0 Å². The van der Waals surface area contributed by atoms with E-state index >= 15 is 0 Å². The molecular weight excluding hydrogens is 298 g/mol. The van der Waals surface area contributed by atoms with Crippen molar-refractivity contribution in [2.24, 2.45) is 0 Å². The van der Waals surface area contributed by atoms with E-state index in [2.05, 4.69) is 52.9 Å². The van der Waals surface area contributed by atoms with Gasteiger partial charge in [-0.25, -0.2) is 0 Å². The molecule has 0 atom stereocenters. The van der Waals surface area contributed by atoms with Crippen LogP contribution in [0, 0.1) is 0 Å². The van der Waals surface area contributed by atoms with Gasteiger partial charge in [0, 0.05) is 31.0 Å². The van der Waals surface area contributed by atoms with Gasteiger partial charge in [-0.1, -0.05) is 48.5 Å². The summed E-state index contributed by atoms with van der Waals surface area (Å²) in [6.07, 6.45) is 0. The minimum Gasteiger partial charge on any atom is -0.410 e. The van der Waals surface area contributed by atoms with Gasteiger partial charge in [0.15, 0.2) is 0 Å². The van der Waals surface area contributed by atoms with Crippen LogP contribution >= 0.6 is 0 Å². The molecule has 0 radical (unpaired) electrons. The summed E-state index contributed by atoms with van der Waals surface area (Å²) in [7, 11) is 2.92. The first-order valence-electron chi connectivity index (χ1n) is 8.01. The molecule has 0 unspecified atom stereocenters. The van der Waals surface area contributed by atoms with Gasteiger partial charge in [-0.2, -0.15) is 0 Å². The molecule has 3 aromatic rings. The van der Waals surface area contributed by atoms with Crippen molar-refractivity contribution in [3.05, 3.63) is 60.7 Å². The Morgan fingerprint density at radius 3 is 2.04 bits per heavy atom. The molecule has 4 rings (SSSR count). The summed E-state index contributed by atoms with van der Waals surface area (Å²) in [5, 5.41) is 9.65. The van der Waals surface area contributed by atoms with Gasteiger partial charge < -0.3 is 19.8 Å². The average Bonchev–Trinajstić information content (AvgIpc) is 2.63. The Kier molecular flexibility index (Phi) is 3.92. The Morgan fingerprint density at radius 1 is 0.792 bits per heavy atom. The molecule has 1 aliphatic heterocycles. The molecule has 0 aliphatic carbocycles. The third-order valence-electron chi connectivity index (χ3n) is 4.49. The second-order valence-electron chi connectivity index (χ2n) is 5.86. The third-order valence-corrected chi connectivity index (χ3v) is 4.49. The molecule has 0 amide bonds. The van der Waals surface area contributed by atoms with Crippen molar-refractivity contribution in [2.75, 3.05) is 24.7 Å². The molecule has 6 heteroatoms. The molecule has 4 nitrogen and oxygen atoms in total. The molecule has 118 valence electrons. The quantitative estimate of drug-likeness (QED) is 0.723. The number of anilines is 2. The van der Waals surface area contributed by atoms with Gasteiger partial charge >= 0.3 is 14.1 Å². The summed E-state index contributed by atoms with van der Waals surface area (Å²) in [5.41, 5.74) is 4.39. The number of hydrogen-bond acceptors (Lipinski definition) is 4. The molecule has 0 bridgehead atoms. The van der Waals surface area contributed by atoms with Crippen molar-refractivity contribution < 1.29 is 9.31 Å². The van der Waals surface area contributed by atoms with Crippen LogP contribution < -0.4 is 21.4 Å². The first kappa shape index (κ1) is 15.1. The minimum absolute atomic E-state index is 0.0468. The van der Waals surface area contributed by atoms with E-state index in [1.807, 2.05) is 18.2 Å². The highest BCUT2D eigenvalue weighted by atomic mass is 16.6. The highest BCUT2D eigenvalue weighted by Gasteiger charge is 2.31. The molecule has 0 fully saturated rings. The normalized spacial score (nSPS) is 12.7. The van der Waals surface area contributed by atoms with E-state index in [-0.39, 0.29) is 6.98 Å². The largest absolute Gasteiger partial charge is 0.493 e. The maximum atomic E-state index is 5.47. The lowest BCUT2D eigenvalue weighted by Gasteiger charge is -2.28. The van der Waals surface area contributed by atoms with E-state index in [9.17, 15) is 0 Å². The lowest BCUT2D eigenvalue weighted by Crippen LogP contribution is -2.58. The van der Waals surface area contributed by atoms with Gasteiger partial charge in [-0.3, -0.25) is 0 Å². The topological polar surface area (TPSA) is 42.5 Å². The van der Waals surface area contributed by atoms with Gasteiger partial charge in [0.25, 0.3) is 0 Å². The highest BCUT2D eigenvalue weighted by molar-refractivity contribution is 6.85. The standard InChI is InChI=1S/C18H18B2N2O2/c1-23-20(24-2)15-10-4-3-9-14(15)19-21-16-11-5-7-13-8-6-12-17(22-19)18(13)16/h3-12,21-22H,1-2H3. The molecular formula is C18H18B2N2O2. The molecule has 0 saturated carbocycles. The maximum Gasteiger partial charge on any atom is 0.493 e. The van der Waals surface area contributed by atoms with Crippen molar-refractivity contribution >= 4 is 47.2 Å². The maximum absolute atomic E-state index is 5.47. The molecule has 0 aromatic heterocycles. The van der Waals surface area contributed by atoms with E-state index in [4.69, 9.17) is 9.31 Å². The lowest BCUT2D eigenvalue weighted by molar-refractivity contribution is 0.292. The molecule has 3 aromatic carbocycles. The highest BCUT2D eigenvalue weighted by Crippen LogP contribution is 2.33. The van der Waals surface area contributed by atoms with Gasteiger partial charge in [0.05, 0.1) is 0 Å².